The van der Waals surface area contributed by atoms with Gasteiger partial charge < -0.3 is 10.2 Å². The van der Waals surface area contributed by atoms with Crippen LogP contribution >= 0.6 is 12.2 Å². The van der Waals surface area contributed by atoms with Gasteiger partial charge in [-0.1, -0.05) is 37.3 Å². The number of nitrogens with zero attached hydrogens (tertiary/aromatic N) is 2. The van der Waals surface area contributed by atoms with Gasteiger partial charge in [-0.3, -0.25) is 4.90 Å². The summed E-state index contributed by atoms with van der Waals surface area (Å²) in [4.78, 5) is 4.79. The molecule has 0 bridgehead atoms. The minimum Gasteiger partial charge on any atom is -0.360 e. The molecule has 20 heavy (non-hydrogen) atoms. The van der Waals surface area contributed by atoms with Crippen molar-refractivity contribution in [2.45, 2.75) is 32.9 Å². The van der Waals surface area contributed by atoms with Gasteiger partial charge >= 0.3 is 0 Å². The molecule has 1 N–H and O–H groups in total. The Balaban J connectivity index is 1.76. The van der Waals surface area contributed by atoms with E-state index in [-0.39, 0.29) is 0 Å². The zero-order chi connectivity index (χ0) is 14.4. The number of piperazine rings is 1. The molecule has 1 heterocycles. The molecule has 0 spiro atoms. The van der Waals surface area contributed by atoms with Crippen molar-refractivity contribution in [1.29, 1.82) is 0 Å². The predicted molar refractivity (Wildman–Crippen MR) is 88.8 cm³/mol. The third-order valence-corrected chi connectivity index (χ3v) is 4.27. The molecular weight excluding hydrogens is 266 g/mol. The summed E-state index contributed by atoms with van der Waals surface area (Å²) < 4.78 is 0. The van der Waals surface area contributed by atoms with Crippen molar-refractivity contribution in [2.75, 3.05) is 26.2 Å². The van der Waals surface area contributed by atoms with Crippen LogP contribution in [0.25, 0.3) is 0 Å². The molecule has 1 saturated heterocycles. The molecule has 0 radical (unpaired) electrons. The van der Waals surface area contributed by atoms with E-state index >= 15 is 0 Å². The quantitative estimate of drug-likeness (QED) is 0.859. The van der Waals surface area contributed by atoms with Gasteiger partial charge in [-0.2, -0.15) is 0 Å². The summed E-state index contributed by atoms with van der Waals surface area (Å²) in [6.45, 7) is 9.61. The first-order chi connectivity index (χ1) is 9.69. The lowest BCUT2D eigenvalue weighted by Crippen LogP contribution is -2.52. The van der Waals surface area contributed by atoms with Gasteiger partial charge in [0.15, 0.2) is 5.11 Å². The van der Waals surface area contributed by atoms with Crippen LogP contribution in [0.15, 0.2) is 30.3 Å². The lowest BCUT2D eigenvalue weighted by molar-refractivity contribution is 0.174. The number of nitrogens with one attached hydrogen (secondary N) is 1. The van der Waals surface area contributed by atoms with Crippen LogP contribution in [0.2, 0.25) is 0 Å². The summed E-state index contributed by atoms with van der Waals surface area (Å²) in [6, 6.07) is 11.1. The standard InChI is InChI=1S/C16H25N3S/c1-3-14(2)17-16(20)19-11-9-18(10-12-19)13-15-7-5-4-6-8-15/h4-8,14H,3,9-13H2,1-2H3,(H,17,20)/t14-/m0/s1. The van der Waals surface area contributed by atoms with E-state index in [1.54, 1.807) is 0 Å². The van der Waals surface area contributed by atoms with Crippen LogP contribution in [-0.2, 0) is 6.54 Å². The maximum atomic E-state index is 5.48. The Hall–Kier alpha value is -1.13. The van der Waals surface area contributed by atoms with Gasteiger partial charge in [0, 0.05) is 38.8 Å². The smallest absolute Gasteiger partial charge is 0.169 e. The Morgan fingerprint density at radius 2 is 1.85 bits per heavy atom. The van der Waals surface area contributed by atoms with E-state index in [4.69, 9.17) is 12.2 Å². The monoisotopic (exact) mass is 291 g/mol. The summed E-state index contributed by atoms with van der Waals surface area (Å²) in [5.74, 6) is 0. The average Bonchev–Trinajstić information content (AvgIpc) is 2.49. The first-order valence-electron chi connectivity index (χ1n) is 7.50. The Labute approximate surface area is 128 Å². The second-order valence-corrected chi connectivity index (χ2v) is 5.89. The van der Waals surface area contributed by atoms with E-state index in [2.05, 4.69) is 59.3 Å². The number of rotatable bonds is 4. The van der Waals surface area contributed by atoms with Gasteiger partial charge in [-0.05, 0) is 31.1 Å². The number of hydrogen-bond acceptors (Lipinski definition) is 2. The van der Waals surface area contributed by atoms with Crippen molar-refractivity contribution in [3.05, 3.63) is 35.9 Å². The fourth-order valence-electron chi connectivity index (χ4n) is 2.35. The maximum Gasteiger partial charge on any atom is 0.169 e. The number of hydrogen-bond donors (Lipinski definition) is 1. The van der Waals surface area contributed by atoms with Crippen LogP contribution in [0.5, 0.6) is 0 Å². The second-order valence-electron chi connectivity index (χ2n) is 5.51. The highest BCUT2D eigenvalue weighted by molar-refractivity contribution is 7.80. The Morgan fingerprint density at radius 3 is 2.45 bits per heavy atom. The highest BCUT2D eigenvalue weighted by Gasteiger charge is 2.19. The normalized spacial score (nSPS) is 17.8. The van der Waals surface area contributed by atoms with E-state index in [0.717, 1.165) is 44.3 Å². The third kappa shape index (κ3) is 4.46. The number of benzene rings is 1. The topological polar surface area (TPSA) is 18.5 Å². The molecule has 1 atom stereocenters. The Bertz CT molecular complexity index is 413. The molecule has 2 rings (SSSR count). The minimum atomic E-state index is 0.463. The zero-order valence-corrected chi connectivity index (χ0v) is 13.3. The molecular formula is C16H25N3S. The molecule has 1 aliphatic heterocycles. The van der Waals surface area contributed by atoms with Crippen molar-refractivity contribution in [3.63, 3.8) is 0 Å². The molecule has 0 aromatic heterocycles. The first kappa shape index (κ1) is 15.3. The van der Waals surface area contributed by atoms with Crippen molar-refractivity contribution in [1.82, 2.24) is 15.1 Å². The fourth-order valence-corrected chi connectivity index (χ4v) is 2.74. The van der Waals surface area contributed by atoms with Gasteiger partial charge in [0.05, 0.1) is 0 Å². The number of thiocarbonyl (C=S) groups is 1. The van der Waals surface area contributed by atoms with Crippen molar-refractivity contribution >= 4 is 17.3 Å². The van der Waals surface area contributed by atoms with E-state index < -0.39 is 0 Å². The Morgan fingerprint density at radius 1 is 1.20 bits per heavy atom. The summed E-state index contributed by atoms with van der Waals surface area (Å²) in [6.07, 6.45) is 1.11. The van der Waals surface area contributed by atoms with Crippen molar-refractivity contribution in [2.24, 2.45) is 0 Å². The Kier molecular flexibility index (Phi) is 5.80. The molecule has 4 heteroatoms. The molecule has 1 aromatic rings. The third-order valence-electron chi connectivity index (χ3n) is 3.89. The molecule has 0 aliphatic carbocycles. The van der Waals surface area contributed by atoms with E-state index in [1.807, 2.05) is 0 Å². The average molecular weight is 291 g/mol. The summed E-state index contributed by atoms with van der Waals surface area (Å²) in [5.41, 5.74) is 1.39. The van der Waals surface area contributed by atoms with Crippen molar-refractivity contribution < 1.29 is 0 Å². The molecule has 1 aliphatic rings. The fraction of sp³-hybridized carbons (Fsp3) is 0.562. The summed E-state index contributed by atoms with van der Waals surface area (Å²) in [5, 5.41) is 4.32. The van der Waals surface area contributed by atoms with Gasteiger partial charge in [0.2, 0.25) is 0 Å². The van der Waals surface area contributed by atoms with Crippen LogP contribution < -0.4 is 5.32 Å². The highest BCUT2D eigenvalue weighted by Crippen LogP contribution is 2.08. The van der Waals surface area contributed by atoms with E-state index in [0.29, 0.717) is 6.04 Å². The minimum absolute atomic E-state index is 0.463. The first-order valence-corrected chi connectivity index (χ1v) is 7.91. The van der Waals surface area contributed by atoms with Gasteiger partial charge in [-0.15, -0.1) is 0 Å². The van der Waals surface area contributed by atoms with E-state index in [1.165, 1.54) is 5.56 Å². The van der Waals surface area contributed by atoms with Gasteiger partial charge in [0.1, 0.15) is 0 Å². The molecule has 1 aromatic carbocycles. The lowest BCUT2D eigenvalue weighted by atomic mass is 10.2. The van der Waals surface area contributed by atoms with E-state index in [9.17, 15) is 0 Å². The molecule has 3 nitrogen and oxygen atoms in total. The zero-order valence-electron chi connectivity index (χ0n) is 12.5. The summed E-state index contributed by atoms with van der Waals surface area (Å²) >= 11 is 5.48. The summed E-state index contributed by atoms with van der Waals surface area (Å²) in [7, 11) is 0. The maximum absolute atomic E-state index is 5.48. The van der Waals surface area contributed by atoms with Gasteiger partial charge in [-0.25, -0.2) is 0 Å². The highest BCUT2D eigenvalue weighted by atomic mass is 32.1. The van der Waals surface area contributed by atoms with Gasteiger partial charge in [0.25, 0.3) is 0 Å². The molecule has 1 fully saturated rings. The van der Waals surface area contributed by atoms with Crippen LogP contribution in [-0.4, -0.2) is 47.1 Å². The SMILES string of the molecule is CC[C@H](C)NC(=S)N1CCN(Cc2ccccc2)CC1. The molecule has 110 valence electrons. The van der Waals surface area contributed by atoms with Crippen molar-refractivity contribution in [3.8, 4) is 0 Å². The second kappa shape index (κ2) is 7.60. The predicted octanol–water partition coefficient (Wildman–Crippen LogP) is 2.48. The van der Waals surface area contributed by atoms with Crippen LogP contribution in [0.3, 0.4) is 0 Å². The van der Waals surface area contributed by atoms with Crippen LogP contribution in [0.1, 0.15) is 25.8 Å². The largest absolute Gasteiger partial charge is 0.360 e. The van der Waals surface area contributed by atoms with Crippen LogP contribution in [0, 0.1) is 0 Å². The molecule has 0 amide bonds. The lowest BCUT2D eigenvalue weighted by Gasteiger charge is -2.36. The molecule has 0 unspecified atom stereocenters. The van der Waals surface area contributed by atoms with Crippen LogP contribution in [0.4, 0.5) is 0 Å². The molecule has 0 saturated carbocycles.